The monoisotopic (exact) mass is 388 g/mol. The Labute approximate surface area is 166 Å². The van der Waals surface area contributed by atoms with Crippen molar-refractivity contribution in [3.8, 4) is 23.1 Å². The Balaban J connectivity index is 1.76. The van der Waals surface area contributed by atoms with Gasteiger partial charge in [0.15, 0.2) is 0 Å². The van der Waals surface area contributed by atoms with Crippen molar-refractivity contribution < 1.29 is 23.8 Å². The topological polar surface area (TPSA) is 113 Å². The molecule has 1 amide bonds. The number of anilines is 1. The van der Waals surface area contributed by atoms with Gasteiger partial charge in [0.1, 0.15) is 28.9 Å². The Hall–Kier alpha value is -4.31. The van der Waals surface area contributed by atoms with Crippen molar-refractivity contribution >= 4 is 23.6 Å². The molecule has 0 aliphatic carbocycles. The Morgan fingerprint density at radius 2 is 1.76 bits per heavy atom. The van der Waals surface area contributed by atoms with Crippen LogP contribution in [0.5, 0.6) is 5.75 Å². The first-order valence-corrected chi connectivity index (χ1v) is 8.51. The van der Waals surface area contributed by atoms with Gasteiger partial charge in [0.25, 0.3) is 5.91 Å². The van der Waals surface area contributed by atoms with E-state index in [1.54, 1.807) is 55.6 Å². The summed E-state index contributed by atoms with van der Waals surface area (Å²) in [4.78, 5) is 23.3. The Morgan fingerprint density at radius 3 is 2.34 bits per heavy atom. The minimum atomic E-state index is -1.01. The molecule has 7 nitrogen and oxygen atoms in total. The fourth-order valence-electron chi connectivity index (χ4n) is 2.53. The number of ether oxygens (including phenoxy) is 1. The molecule has 144 valence electrons. The number of carbonyl (C=O) groups excluding carboxylic acids is 1. The predicted molar refractivity (Wildman–Crippen MR) is 106 cm³/mol. The van der Waals surface area contributed by atoms with E-state index in [4.69, 9.17) is 14.3 Å². The molecule has 0 saturated heterocycles. The van der Waals surface area contributed by atoms with Gasteiger partial charge in [0.2, 0.25) is 0 Å². The van der Waals surface area contributed by atoms with E-state index in [9.17, 15) is 14.9 Å². The number of furan rings is 1. The van der Waals surface area contributed by atoms with Gasteiger partial charge in [-0.15, -0.1) is 0 Å². The zero-order valence-corrected chi connectivity index (χ0v) is 15.4. The highest BCUT2D eigenvalue weighted by Gasteiger charge is 2.12. The van der Waals surface area contributed by atoms with E-state index in [1.165, 1.54) is 18.2 Å². The quantitative estimate of drug-likeness (QED) is 0.483. The number of nitrogens with one attached hydrogen (secondary N) is 1. The maximum Gasteiger partial charge on any atom is 0.335 e. The van der Waals surface area contributed by atoms with Gasteiger partial charge < -0.3 is 19.6 Å². The van der Waals surface area contributed by atoms with Gasteiger partial charge in [-0.3, -0.25) is 4.79 Å². The fraction of sp³-hybridized carbons (Fsp3) is 0.0455. The number of amides is 1. The number of carboxylic acids is 1. The summed E-state index contributed by atoms with van der Waals surface area (Å²) in [5.41, 5.74) is 1.25. The van der Waals surface area contributed by atoms with Crippen molar-refractivity contribution in [1.29, 1.82) is 5.26 Å². The van der Waals surface area contributed by atoms with Crippen LogP contribution in [0.2, 0.25) is 0 Å². The van der Waals surface area contributed by atoms with Gasteiger partial charge in [-0.05, 0) is 48.5 Å². The molecule has 1 aromatic heterocycles. The van der Waals surface area contributed by atoms with Gasteiger partial charge in [-0.1, -0.05) is 12.1 Å². The second-order valence-corrected chi connectivity index (χ2v) is 5.94. The number of carboxylic acid groups (broad SMARTS) is 1. The number of benzene rings is 2. The first-order valence-electron chi connectivity index (χ1n) is 8.51. The predicted octanol–water partition coefficient (Wildman–Crippen LogP) is 4.20. The lowest BCUT2D eigenvalue weighted by molar-refractivity contribution is -0.112. The lowest BCUT2D eigenvalue weighted by atomic mass is 10.1. The number of nitrogens with zero attached hydrogens (tertiary/aromatic N) is 1. The maximum atomic E-state index is 12.4. The van der Waals surface area contributed by atoms with Gasteiger partial charge in [-0.2, -0.15) is 5.26 Å². The van der Waals surface area contributed by atoms with Gasteiger partial charge in [0.05, 0.1) is 12.7 Å². The van der Waals surface area contributed by atoms with Crippen LogP contribution in [-0.4, -0.2) is 24.1 Å². The number of aromatic carboxylic acids is 1. The summed E-state index contributed by atoms with van der Waals surface area (Å²) in [5.74, 6) is -0.120. The summed E-state index contributed by atoms with van der Waals surface area (Å²) in [6.45, 7) is 0. The zero-order chi connectivity index (χ0) is 20.8. The third kappa shape index (κ3) is 4.70. The number of rotatable bonds is 6. The molecule has 29 heavy (non-hydrogen) atoms. The second kappa shape index (κ2) is 8.59. The maximum absolute atomic E-state index is 12.4. The number of hydrogen-bond donors (Lipinski definition) is 2. The molecule has 3 aromatic rings. The zero-order valence-electron chi connectivity index (χ0n) is 15.4. The van der Waals surface area contributed by atoms with Crippen molar-refractivity contribution in [2.24, 2.45) is 0 Å². The van der Waals surface area contributed by atoms with Crippen LogP contribution in [0.25, 0.3) is 17.4 Å². The largest absolute Gasteiger partial charge is 0.497 e. The van der Waals surface area contributed by atoms with Crippen molar-refractivity contribution in [3.05, 3.63) is 77.6 Å². The van der Waals surface area contributed by atoms with E-state index in [2.05, 4.69) is 5.32 Å². The van der Waals surface area contributed by atoms with Crippen molar-refractivity contribution in [2.75, 3.05) is 12.4 Å². The molecule has 0 radical (unpaired) electrons. The lowest BCUT2D eigenvalue weighted by Gasteiger charge is -2.05. The molecule has 0 fully saturated rings. The Morgan fingerprint density at radius 1 is 1.07 bits per heavy atom. The van der Waals surface area contributed by atoms with E-state index in [0.717, 1.165) is 0 Å². The smallest absolute Gasteiger partial charge is 0.335 e. The van der Waals surface area contributed by atoms with Crippen molar-refractivity contribution in [2.45, 2.75) is 0 Å². The summed E-state index contributed by atoms with van der Waals surface area (Å²) < 4.78 is 10.7. The standard InChI is InChI=1S/C22H16N2O5/c1-28-18-8-6-17(7-9-18)24-21(25)16(13-23)12-19-10-11-20(29-19)14-2-4-15(5-3-14)22(26)27/h2-12H,1H3,(H,24,25)(H,26,27). The SMILES string of the molecule is COc1ccc(NC(=O)C(C#N)=Cc2ccc(-c3ccc(C(=O)O)cc3)o2)cc1. The van der Waals surface area contributed by atoms with Crippen LogP contribution in [-0.2, 0) is 4.79 Å². The minimum absolute atomic E-state index is 0.122. The van der Waals surface area contributed by atoms with Gasteiger partial charge in [-0.25, -0.2) is 4.79 Å². The normalized spacial score (nSPS) is 10.8. The van der Waals surface area contributed by atoms with E-state index in [-0.39, 0.29) is 11.1 Å². The number of hydrogen-bond acceptors (Lipinski definition) is 5. The minimum Gasteiger partial charge on any atom is -0.497 e. The highest BCUT2D eigenvalue weighted by molar-refractivity contribution is 6.09. The van der Waals surface area contributed by atoms with Crippen LogP contribution in [0.4, 0.5) is 5.69 Å². The summed E-state index contributed by atoms with van der Waals surface area (Å²) in [7, 11) is 1.54. The van der Waals surface area contributed by atoms with E-state index in [1.807, 2.05) is 6.07 Å². The molecule has 0 aliphatic rings. The third-order valence-electron chi connectivity index (χ3n) is 4.04. The van der Waals surface area contributed by atoms with E-state index in [0.29, 0.717) is 28.5 Å². The Bertz CT molecular complexity index is 1100. The number of carbonyl (C=O) groups is 2. The molecular formula is C22H16N2O5. The van der Waals surface area contributed by atoms with Crippen molar-refractivity contribution in [3.63, 3.8) is 0 Å². The summed E-state index contributed by atoms with van der Waals surface area (Å²) in [6, 6.07) is 18.1. The first kappa shape index (κ1) is 19.5. The number of methoxy groups -OCH3 is 1. The highest BCUT2D eigenvalue weighted by Crippen LogP contribution is 2.24. The van der Waals surface area contributed by atoms with Crippen LogP contribution in [0, 0.1) is 11.3 Å². The van der Waals surface area contributed by atoms with Crippen LogP contribution in [0.3, 0.4) is 0 Å². The molecule has 0 saturated carbocycles. The van der Waals surface area contributed by atoms with Gasteiger partial charge >= 0.3 is 5.97 Å². The molecule has 0 atom stereocenters. The lowest BCUT2D eigenvalue weighted by Crippen LogP contribution is -2.13. The van der Waals surface area contributed by atoms with Crippen LogP contribution in [0.1, 0.15) is 16.1 Å². The van der Waals surface area contributed by atoms with Crippen molar-refractivity contribution in [1.82, 2.24) is 0 Å². The Kier molecular flexibility index (Phi) is 5.76. The molecule has 0 spiro atoms. The summed E-state index contributed by atoms with van der Waals surface area (Å²) in [5, 5.41) is 20.9. The molecule has 0 unspecified atom stereocenters. The third-order valence-corrected chi connectivity index (χ3v) is 4.04. The molecule has 3 rings (SSSR count). The van der Waals surface area contributed by atoms with E-state index >= 15 is 0 Å². The van der Waals surface area contributed by atoms with Crippen LogP contribution < -0.4 is 10.1 Å². The summed E-state index contributed by atoms with van der Waals surface area (Å²) in [6.07, 6.45) is 1.34. The average molecular weight is 388 g/mol. The molecular weight excluding hydrogens is 372 g/mol. The van der Waals surface area contributed by atoms with Crippen LogP contribution in [0.15, 0.2) is 70.7 Å². The molecule has 2 aromatic carbocycles. The first-order chi connectivity index (χ1) is 14.0. The average Bonchev–Trinajstić information content (AvgIpc) is 3.21. The fourth-order valence-corrected chi connectivity index (χ4v) is 2.53. The molecule has 7 heteroatoms. The molecule has 0 bridgehead atoms. The molecule has 2 N–H and O–H groups in total. The van der Waals surface area contributed by atoms with E-state index < -0.39 is 11.9 Å². The highest BCUT2D eigenvalue weighted by atomic mass is 16.5. The summed E-state index contributed by atoms with van der Waals surface area (Å²) >= 11 is 0. The van der Waals surface area contributed by atoms with Gasteiger partial charge in [0, 0.05) is 17.3 Å². The van der Waals surface area contributed by atoms with Crippen LogP contribution >= 0.6 is 0 Å². The second-order valence-electron chi connectivity index (χ2n) is 5.94. The molecule has 0 aliphatic heterocycles. The molecule has 1 heterocycles. The number of nitriles is 1.